The zero-order chi connectivity index (χ0) is 24.3. The normalized spacial score (nSPS) is 18.3. The van der Waals surface area contributed by atoms with E-state index in [0.29, 0.717) is 5.82 Å². The smallest absolute Gasteiger partial charge is 0.416 e. The van der Waals surface area contributed by atoms with Crippen LogP contribution in [0.4, 0.5) is 29.7 Å². The number of ether oxygens (including phenoxy) is 3. The Hall–Kier alpha value is -3.08. The minimum atomic E-state index is -3.04. The van der Waals surface area contributed by atoms with Gasteiger partial charge < -0.3 is 19.5 Å². The Morgan fingerprint density at radius 1 is 1.24 bits per heavy atom. The van der Waals surface area contributed by atoms with Gasteiger partial charge >= 0.3 is 12.7 Å². The fraction of sp³-hybridized carbons (Fsp3) is 0.500. The molecule has 0 bridgehead atoms. The molecule has 0 unspecified atom stereocenters. The molecule has 1 fully saturated rings. The van der Waals surface area contributed by atoms with Crippen LogP contribution in [0, 0.1) is 5.82 Å². The maximum atomic E-state index is 14.4. The van der Waals surface area contributed by atoms with Gasteiger partial charge in [-0.05, 0) is 46.8 Å². The highest BCUT2D eigenvalue weighted by Gasteiger charge is 2.40. The molecule has 3 atom stereocenters. The van der Waals surface area contributed by atoms with E-state index in [1.54, 1.807) is 13.0 Å². The van der Waals surface area contributed by atoms with Crippen LogP contribution in [0.5, 0.6) is 5.75 Å². The number of halogens is 3. The molecule has 180 valence electrons. The number of hydrogen-bond acceptors (Lipinski definition) is 7. The fourth-order valence-corrected chi connectivity index (χ4v) is 3.54. The summed E-state index contributed by atoms with van der Waals surface area (Å²) in [7, 11) is 0. The molecule has 3 rings (SSSR count). The van der Waals surface area contributed by atoms with E-state index in [9.17, 15) is 18.0 Å². The molecule has 1 N–H and O–H groups in total. The van der Waals surface area contributed by atoms with E-state index in [1.807, 2.05) is 27.7 Å². The van der Waals surface area contributed by atoms with Gasteiger partial charge in [0.1, 0.15) is 30.0 Å². The largest absolute Gasteiger partial charge is 0.447 e. The third-order valence-electron chi connectivity index (χ3n) is 4.88. The predicted molar refractivity (Wildman–Crippen MR) is 115 cm³/mol. The minimum Gasteiger partial charge on any atom is -0.447 e. The Bertz CT molecular complexity index is 986. The topological polar surface area (TPSA) is 85.8 Å². The van der Waals surface area contributed by atoms with Gasteiger partial charge in [-0.15, -0.1) is 0 Å². The number of anilines is 2. The van der Waals surface area contributed by atoms with E-state index in [1.165, 1.54) is 23.2 Å². The molecule has 0 saturated carbocycles. The molecular formula is C22H27F3N4O4. The lowest BCUT2D eigenvalue weighted by Gasteiger charge is -2.31. The van der Waals surface area contributed by atoms with Crippen LogP contribution in [0.2, 0.25) is 0 Å². The lowest BCUT2D eigenvalue weighted by atomic mass is 10.1. The number of benzene rings is 1. The molecule has 2 heterocycles. The molecule has 1 aliphatic heterocycles. The third-order valence-corrected chi connectivity index (χ3v) is 4.88. The van der Waals surface area contributed by atoms with Crippen molar-refractivity contribution in [1.82, 2.24) is 9.97 Å². The number of carbonyl (C=O) groups is 1. The van der Waals surface area contributed by atoms with Crippen LogP contribution in [0.1, 0.15) is 46.2 Å². The van der Waals surface area contributed by atoms with Crippen LogP contribution in [0.25, 0.3) is 0 Å². The van der Waals surface area contributed by atoms with Gasteiger partial charge in [0, 0.05) is 17.8 Å². The van der Waals surface area contributed by atoms with E-state index < -0.39 is 36.2 Å². The first-order valence-corrected chi connectivity index (χ1v) is 10.4. The summed E-state index contributed by atoms with van der Waals surface area (Å²) < 4.78 is 54.5. The zero-order valence-electron chi connectivity index (χ0n) is 19.0. The van der Waals surface area contributed by atoms with Crippen LogP contribution in [0.15, 0.2) is 30.5 Å². The average Bonchev–Trinajstić information content (AvgIpc) is 3.08. The van der Waals surface area contributed by atoms with Crippen molar-refractivity contribution >= 4 is 17.9 Å². The van der Waals surface area contributed by atoms with E-state index in [4.69, 9.17) is 9.47 Å². The van der Waals surface area contributed by atoms with Crippen molar-refractivity contribution in [2.75, 3.05) is 16.8 Å². The number of aromatic nitrogens is 2. The third kappa shape index (κ3) is 6.25. The monoisotopic (exact) mass is 468 g/mol. The SMILES string of the molecule is C[C@H](Nc1nccc(N2C(=O)OC[C@@H]2[C@@H](C)OC(C)(C)C)n1)c1ccc(OC(F)F)cc1F. The van der Waals surface area contributed by atoms with Crippen LogP contribution < -0.4 is 15.0 Å². The van der Waals surface area contributed by atoms with Crippen molar-refractivity contribution < 1.29 is 32.2 Å². The number of rotatable bonds is 8. The van der Waals surface area contributed by atoms with Crippen LogP contribution >= 0.6 is 0 Å². The Morgan fingerprint density at radius 2 is 1.97 bits per heavy atom. The highest BCUT2D eigenvalue weighted by Crippen LogP contribution is 2.28. The lowest BCUT2D eigenvalue weighted by molar-refractivity contribution is -0.0618. The second-order valence-electron chi connectivity index (χ2n) is 8.62. The molecule has 11 heteroatoms. The highest BCUT2D eigenvalue weighted by molar-refractivity contribution is 5.89. The quantitative estimate of drug-likeness (QED) is 0.589. The molecule has 1 aliphatic rings. The van der Waals surface area contributed by atoms with Crippen LogP contribution in [-0.4, -0.2) is 47.0 Å². The van der Waals surface area contributed by atoms with Crippen molar-refractivity contribution in [2.24, 2.45) is 0 Å². The van der Waals surface area contributed by atoms with E-state index in [0.717, 1.165) is 6.07 Å². The van der Waals surface area contributed by atoms with Crippen LogP contribution in [-0.2, 0) is 9.47 Å². The summed E-state index contributed by atoms with van der Waals surface area (Å²) in [5, 5.41) is 2.96. The number of carbonyl (C=O) groups excluding carboxylic acids is 1. The van der Waals surface area contributed by atoms with Crippen molar-refractivity contribution in [1.29, 1.82) is 0 Å². The maximum absolute atomic E-state index is 14.4. The second-order valence-corrected chi connectivity index (χ2v) is 8.62. The molecule has 0 spiro atoms. The van der Waals surface area contributed by atoms with Gasteiger partial charge in [-0.1, -0.05) is 6.07 Å². The van der Waals surface area contributed by atoms with Gasteiger partial charge in [-0.3, -0.25) is 4.90 Å². The molecule has 8 nitrogen and oxygen atoms in total. The molecule has 1 aromatic carbocycles. The summed E-state index contributed by atoms with van der Waals surface area (Å²) in [6.45, 7) is 6.39. The van der Waals surface area contributed by atoms with Gasteiger partial charge in [0.15, 0.2) is 0 Å². The van der Waals surface area contributed by atoms with Crippen molar-refractivity contribution in [3.05, 3.63) is 41.8 Å². The van der Waals surface area contributed by atoms with Gasteiger partial charge in [-0.2, -0.15) is 13.8 Å². The summed E-state index contributed by atoms with van der Waals surface area (Å²) >= 11 is 0. The standard InChI is InChI=1S/C22H27F3N4O4/c1-12(15-7-6-14(10-16(15)23)32-19(24)25)27-20-26-9-8-18(28-20)29-17(11-31-21(29)30)13(2)33-22(3,4)5/h6-10,12-13,17,19H,11H2,1-5H3,(H,26,27,28)/t12-,13+,17+/m0/s1. The zero-order valence-corrected chi connectivity index (χ0v) is 19.0. The number of nitrogens with one attached hydrogen (secondary N) is 1. The fourth-order valence-electron chi connectivity index (χ4n) is 3.54. The molecule has 0 aliphatic carbocycles. The molecular weight excluding hydrogens is 441 g/mol. The minimum absolute atomic E-state index is 0.148. The first kappa shape index (κ1) is 24.6. The average molecular weight is 468 g/mol. The van der Waals surface area contributed by atoms with E-state index in [-0.39, 0.29) is 30.0 Å². The summed E-state index contributed by atoms with van der Waals surface area (Å²) in [6.07, 6.45) is 0.582. The Kier molecular flexibility index (Phi) is 7.31. The van der Waals surface area contributed by atoms with Crippen molar-refractivity contribution in [2.45, 2.75) is 65.0 Å². The molecule has 1 saturated heterocycles. The Balaban J connectivity index is 1.77. The van der Waals surface area contributed by atoms with Gasteiger partial charge in [-0.25, -0.2) is 14.2 Å². The number of hydrogen-bond donors (Lipinski definition) is 1. The number of alkyl halides is 2. The van der Waals surface area contributed by atoms with Crippen molar-refractivity contribution in [3.63, 3.8) is 0 Å². The summed E-state index contributed by atoms with van der Waals surface area (Å²) in [4.78, 5) is 22.3. The highest BCUT2D eigenvalue weighted by atomic mass is 19.3. The first-order chi connectivity index (χ1) is 15.4. The number of amides is 1. The molecule has 1 amide bonds. The molecule has 33 heavy (non-hydrogen) atoms. The molecule has 1 aromatic heterocycles. The van der Waals surface area contributed by atoms with Gasteiger partial charge in [0.25, 0.3) is 0 Å². The van der Waals surface area contributed by atoms with Crippen LogP contribution in [0.3, 0.4) is 0 Å². The maximum Gasteiger partial charge on any atom is 0.416 e. The summed E-state index contributed by atoms with van der Waals surface area (Å²) in [5.74, 6) is -0.546. The Morgan fingerprint density at radius 3 is 2.61 bits per heavy atom. The second kappa shape index (κ2) is 9.82. The van der Waals surface area contributed by atoms with E-state index in [2.05, 4.69) is 20.0 Å². The lowest BCUT2D eigenvalue weighted by Crippen LogP contribution is -2.45. The number of nitrogens with zero attached hydrogens (tertiary/aromatic N) is 3. The van der Waals surface area contributed by atoms with Gasteiger partial charge in [0.05, 0.1) is 17.7 Å². The van der Waals surface area contributed by atoms with Crippen molar-refractivity contribution in [3.8, 4) is 5.75 Å². The first-order valence-electron chi connectivity index (χ1n) is 10.4. The summed E-state index contributed by atoms with van der Waals surface area (Å²) in [6, 6.07) is 4.05. The predicted octanol–water partition coefficient (Wildman–Crippen LogP) is 4.92. The molecule has 2 aromatic rings. The summed E-state index contributed by atoms with van der Waals surface area (Å²) in [5.41, 5.74) is -0.207. The number of cyclic esters (lactones) is 1. The molecule has 0 radical (unpaired) electrons. The van der Waals surface area contributed by atoms with Gasteiger partial charge in [0.2, 0.25) is 5.95 Å². The Labute approximate surface area is 190 Å². The van der Waals surface area contributed by atoms with E-state index >= 15 is 0 Å².